The van der Waals surface area contributed by atoms with Crippen LogP contribution in [-0.4, -0.2) is 6.61 Å². The van der Waals surface area contributed by atoms with E-state index in [1.807, 2.05) is 6.26 Å². The summed E-state index contributed by atoms with van der Waals surface area (Å²) in [5.41, 5.74) is 0.479. The number of allylic oxidation sites excluding steroid dienone is 1. The summed E-state index contributed by atoms with van der Waals surface area (Å²) in [6, 6.07) is 0. The molecule has 2 rings (SSSR count). The van der Waals surface area contributed by atoms with E-state index >= 15 is 0 Å². The summed E-state index contributed by atoms with van der Waals surface area (Å²) in [6.07, 6.45) is 6.99. The van der Waals surface area contributed by atoms with Gasteiger partial charge >= 0.3 is 0 Å². The Morgan fingerprint density at radius 1 is 1.13 bits per heavy atom. The second-order valence-corrected chi connectivity index (χ2v) is 5.85. The highest BCUT2D eigenvalue weighted by Crippen LogP contribution is 2.58. The normalized spacial score (nSPS) is 33.2. The third-order valence-corrected chi connectivity index (χ3v) is 4.88. The van der Waals surface area contributed by atoms with Crippen molar-refractivity contribution < 1.29 is 4.74 Å². The molecule has 2 atom stereocenters. The first-order chi connectivity index (χ1) is 7.10. The summed E-state index contributed by atoms with van der Waals surface area (Å²) in [5, 5.41) is 0. The zero-order chi connectivity index (χ0) is 11.1. The topological polar surface area (TPSA) is 9.23 Å². The van der Waals surface area contributed by atoms with Crippen molar-refractivity contribution in [3.8, 4) is 0 Å². The van der Waals surface area contributed by atoms with Crippen LogP contribution in [0.2, 0.25) is 0 Å². The van der Waals surface area contributed by atoms with E-state index in [-0.39, 0.29) is 0 Å². The minimum Gasteiger partial charge on any atom is -0.501 e. The molecule has 0 aromatic carbocycles. The second kappa shape index (κ2) is 3.84. The molecule has 0 aromatic heterocycles. The van der Waals surface area contributed by atoms with E-state index in [0.717, 1.165) is 30.3 Å². The number of fused-ring (bicyclic) bond motifs is 2. The predicted molar refractivity (Wildman–Crippen MR) is 63.4 cm³/mol. The first-order valence-electron chi connectivity index (χ1n) is 6.38. The maximum atomic E-state index is 5.60. The summed E-state index contributed by atoms with van der Waals surface area (Å²) >= 11 is 0. The molecule has 15 heavy (non-hydrogen) atoms. The summed E-state index contributed by atoms with van der Waals surface area (Å²) in [7, 11) is 0. The molecule has 2 aliphatic rings. The average molecular weight is 208 g/mol. The van der Waals surface area contributed by atoms with Gasteiger partial charge in [-0.3, -0.25) is 0 Å². The first kappa shape index (κ1) is 11.0. The Labute approximate surface area is 93.9 Å². The van der Waals surface area contributed by atoms with Gasteiger partial charge in [-0.2, -0.15) is 0 Å². The molecule has 1 fully saturated rings. The maximum absolute atomic E-state index is 5.60. The van der Waals surface area contributed by atoms with Crippen molar-refractivity contribution in [1.82, 2.24) is 0 Å². The van der Waals surface area contributed by atoms with Crippen LogP contribution in [-0.2, 0) is 4.74 Å². The Morgan fingerprint density at radius 3 is 2.40 bits per heavy atom. The monoisotopic (exact) mass is 208 g/mol. The van der Waals surface area contributed by atoms with E-state index in [0.29, 0.717) is 5.41 Å². The summed E-state index contributed by atoms with van der Waals surface area (Å²) in [4.78, 5) is 0. The molecule has 1 heteroatoms. The predicted octanol–water partition coefficient (Wildman–Crippen LogP) is 3.85. The zero-order valence-corrected chi connectivity index (χ0v) is 10.5. The molecule has 0 amide bonds. The number of rotatable bonds is 2. The molecule has 0 N–H and O–H groups in total. The molecule has 2 bridgehead atoms. The lowest BCUT2D eigenvalue weighted by atomic mass is 9.59. The highest BCUT2D eigenvalue weighted by molar-refractivity contribution is 5.09. The molecule has 2 unspecified atom stereocenters. The third-order valence-electron chi connectivity index (χ3n) is 4.88. The summed E-state index contributed by atoms with van der Waals surface area (Å²) in [5.74, 6) is 3.00. The van der Waals surface area contributed by atoms with Crippen LogP contribution in [0.3, 0.4) is 0 Å². The quantitative estimate of drug-likeness (QED) is 0.669. The van der Waals surface area contributed by atoms with Crippen LogP contribution < -0.4 is 0 Å². The van der Waals surface area contributed by atoms with Gasteiger partial charge in [-0.05, 0) is 48.0 Å². The molecular weight excluding hydrogens is 184 g/mol. The van der Waals surface area contributed by atoms with Gasteiger partial charge in [-0.1, -0.05) is 27.7 Å². The van der Waals surface area contributed by atoms with Crippen LogP contribution in [0.15, 0.2) is 12.3 Å². The van der Waals surface area contributed by atoms with E-state index in [9.17, 15) is 0 Å². The van der Waals surface area contributed by atoms with Crippen LogP contribution in [0.5, 0.6) is 0 Å². The number of hydrogen-bond donors (Lipinski definition) is 0. The minimum atomic E-state index is 0.479. The summed E-state index contributed by atoms with van der Waals surface area (Å²) in [6.45, 7) is 10.5. The van der Waals surface area contributed by atoms with Crippen molar-refractivity contribution in [2.45, 2.75) is 40.5 Å². The fourth-order valence-electron chi connectivity index (χ4n) is 4.46. The molecular formula is C14H24O. The number of ether oxygens (including phenoxy) is 1. The number of hydrogen-bond acceptors (Lipinski definition) is 1. The van der Waals surface area contributed by atoms with Crippen LogP contribution >= 0.6 is 0 Å². The van der Waals surface area contributed by atoms with Gasteiger partial charge in [0.15, 0.2) is 0 Å². The van der Waals surface area contributed by atoms with Crippen LogP contribution in [0, 0.1) is 29.1 Å². The van der Waals surface area contributed by atoms with Gasteiger partial charge < -0.3 is 4.74 Å². The molecule has 1 aliphatic heterocycles. The minimum absolute atomic E-state index is 0.479. The standard InChI is InChI=1S/C14H24O/c1-10(2)14(11(3)4)12-5-6-13(14)9-15-8-7-12/h7-8,10-13H,5-6,9H2,1-4H3. The van der Waals surface area contributed by atoms with Crippen molar-refractivity contribution in [3.63, 3.8) is 0 Å². The van der Waals surface area contributed by atoms with E-state index < -0.39 is 0 Å². The molecule has 1 saturated carbocycles. The fraction of sp³-hybridized carbons (Fsp3) is 0.857. The molecule has 0 spiro atoms. The molecule has 1 heterocycles. The molecule has 86 valence electrons. The van der Waals surface area contributed by atoms with Gasteiger partial charge in [0, 0.05) is 0 Å². The lowest BCUT2D eigenvalue weighted by Crippen LogP contribution is -2.42. The lowest BCUT2D eigenvalue weighted by molar-refractivity contribution is 0.00731. The van der Waals surface area contributed by atoms with E-state index in [2.05, 4.69) is 33.8 Å². The van der Waals surface area contributed by atoms with Crippen LogP contribution in [0.25, 0.3) is 0 Å². The van der Waals surface area contributed by atoms with Crippen molar-refractivity contribution in [2.75, 3.05) is 6.61 Å². The molecule has 0 aromatic rings. The first-order valence-corrected chi connectivity index (χ1v) is 6.38. The Hall–Kier alpha value is -0.460. The smallest absolute Gasteiger partial charge is 0.0907 e. The van der Waals surface area contributed by atoms with E-state index in [1.165, 1.54) is 12.8 Å². The van der Waals surface area contributed by atoms with Gasteiger partial charge in [0.05, 0.1) is 12.9 Å². The van der Waals surface area contributed by atoms with Crippen molar-refractivity contribution in [2.24, 2.45) is 29.1 Å². The van der Waals surface area contributed by atoms with Crippen LogP contribution in [0.4, 0.5) is 0 Å². The van der Waals surface area contributed by atoms with Gasteiger partial charge in [0.25, 0.3) is 0 Å². The highest BCUT2D eigenvalue weighted by atomic mass is 16.5. The van der Waals surface area contributed by atoms with Crippen LogP contribution in [0.1, 0.15) is 40.5 Å². The largest absolute Gasteiger partial charge is 0.501 e. The second-order valence-electron chi connectivity index (χ2n) is 5.85. The molecule has 0 radical (unpaired) electrons. The molecule has 1 nitrogen and oxygen atoms in total. The fourth-order valence-corrected chi connectivity index (χ4v) is 4.46. The van der Waals surface area contributed by atoms with Gasteiger partial charge in [0.2, 0.25) is 0 Å². The van der Waals surface area contributed by atoms with Gasteiger partial charge in [0.1, 0.15) is 0 Å². The van der Waals surface area contributed by atoms with E-state index in [4.69, 9.17) is 4.74 Å². The Bertz CT molecular complexity index is 244. The maximum Gasteiger partial charge on any atom is 0.0907 e. The lowest BCUT2D eigenvalue weighted by Gasteiger charge is -2.45. The van der Waals surface area contributed by atoms with Gasteiger partial charge in [-0.15, -0.1) is 0 Å². The Morgan fingerprint density at radius 2 is 1.80 bits per heavy atom. The third kappa shape index (κ3) is 1.43. The Balaban J connectivity index is 2.41. The van der Waals surface area contributed by atoms with Crippen molar-refractivity contribution in [3.05, 3.63) is 12.3 Å². The van der Waals surface area contributed by atoms with Crippen molar-refractivity contribution in [1.29, 1.82) is 0 Å². The zero-order valence-electron chi connectivity index (χ0n) is 10.5. The molecule has 0 saturated heterocycles. The van der Waals surface area contributed by atoms with Gasteiger partial charge in [-0.25, -0.2) is 0 Å². The average Bonchev–Trinajstić information content (AvgIpc) is 2.35. The SMILES string of the molecule is CC(C)C1(C(C)C)C2C=COCC1CC2. The summed E-state index contributed by atoms with van der Waals surface area (Å²) < 4.78 is 5.60. The Kier molecular flexibility index (Phi) is 2.83. The molecule has 1 aliphatic carbocycles. The highest BCUT2D eigenvalue weighted by Gasteiger charge is 2.53. The van der Waals surface area contributed by atoms with E-state index in [1.54, 1.807) is 0 Å². The van der Waals surface area contributed by atoms with Crippen molar-refractivity contribution >= 4 is 0 Å².